The number of likely N-dealkylation sites (tertiary alicyclic amines) is 1. The molecule has 0 saturated carbocycles. The molecule has 0 radical (unpaired) electrons. The first-order valence-corrected chi connectivity index (χ1v) is 6.99. The summed E-state index contributed by atoms with van der Waals surface area (Å²) in [5.41, 5.74) is 0.782. The van der Waals surface area contributed by atoms with Gasteiger partial charge in [-0.3, -0.25) is 14.8 Å². The Hall–Kier alpha value is -2.12. The average Bonchev–Trinajstić information content (AvgIpc) is 2.97. The lowest BCUT2D eigenvalue weighted by Gasteiger charge is -2.23. The fraction of sp³-hybridized carbons (Fsp3) is 0.400. The maximum atomic E-state index is 14.2. The van der Waals surface area contributed by atoms with Crippen LogP contribution in [0.25, 0.3) is 11.0 Å². The first-order valence-electron chi connectivity index (χ1n) is 6.99. The van der Waals surface area contributed by atoms with Gasteiger partial charge in [-0.15, -0.1) is 0 Å². The number of hydrogen-bond acceptors (Lipinski definition) is 5. The number of carbonyl (C=O) groups excluding carboxylic acids is 1. The normalized spacial score (nSPS) is 21.5. The SMILES string of the molecule is CO[C@H]1C[C@@H](CO)N(C(=O)c2cc3nccnc3cc2F)C1. The van der Waals surface area contributed by atoms with Crippen LogP contribution in [0.5, 0.6) is 0 Å². The van der Waals surface area contributed by atoms with Crippen LogP contribution in [0.3, 0.4) is 0 Å². The molecule has 0 spiro atoms. The maximum Gasteiger partial charge on any atom is 0.257 e. The molecule has 2 heterocycles. The Kier molecular flexibility index (Phi) is 4.00. The van der Waals surface area contributed by atoms with E-state index in [1.54, 1.807) is 7.11 Å². The van der Waals surface area contributed by atoms with Gasteiger partial charge in [0, 0.05) is 32.1 Å². The highest BCUT2D eigenvalue weighted by Crippen LogP contribution is 2.24. The molecular formula is C15H16FN3O3. The lowest BCUT2D eigenvalue weighted by atomic mass is 10.1. The van der Waals surface area contributed by atoms with Crippen molar-refractivity contribution < 1.29 is 19.0 Å². The number of ether oxygens (including phenoxy) is 1. The molecule has 3 rings (SSSR count). The van der Waals surface area contributed by atoms with Crippen LogP contribution in [0.15, 0.2) is 24.5 Å². The van der Waals surface area contributed by atoms with E-state index < -0.39 is 11.7 Å². The van der Waals surface area contributed by atoms with Crippen LogP contribution in [-0.4, -0.2) is 58.3 Å². The first-order chi connectivity index (χ1) is 10.6. The highest BCUT2D eigenvalue weighted by molar-refractivity contribution is 5.98. The number of aliphatic hydroxyl groups is 1. The van der Waals surface area contributed by atoms with Gasteiger partial charge >= 0.3 is 0 Å². The third-order valence-corrected chi connectivity index (χ3v) is 3.97. The van der Waals surface area contributed by atoms with Crippen molar-refractivity contribution in [2.75, 3.05) is 20.3 Å². The molecule has 0 aliphatic carbocycles. The molecule has 2 atom stereocenters. The van der Waals surface area contributed by atoms with Crippen LogP contribution >= 0.6 is 0 Å². The molecular weight excluding hydrogens is 289 g/mol. The summed E-state index contributed by atoms with van der Waals surface area (Å²) in [6.07, 6.45) is 3.34. The summed E-state index contributed by atoms with van der Waals surface area (Å²) >= 11 is 0. The van der Waals surface area contributed by atoms with Crippen LogP contribution in [0.4, 0.5) is 4.39 Å². The third-order valence-electron chi connectivity index (χ3n) is 3.97. The predicted molar refractivity (Wildman–Crippen MR) is 76.8 cm³/mol. The number of rotatable bonds is 3. The van der Waals surface area contributed by atoms with Crippen molar-refractivity contribution >= 4 is 16.9 Å². The number of halogens is 1. The largest absolute Gasteiger partial charge is 0.394 e. The average molecular weight is 305 g/mol. The Morgan fingerprint density at radius 2 is 2.09 bits per heavy atom. The van der Waals surface area contributed by atoms with E-state index in [4.69, 9.17) is 4.74 Å². The van der Waals surface area contributed by atoms with Crippen molar-refractivity contribution in [3.05, 3.63) is 35.9 Å². The van der Waals surface area contributed by atoms with E-state index in [9.17, 15) is 14.3 Å². The summed E-state index contributed by atoms with van der Waals surface area (Å²) in [5, 5.41) is 9.42. The monoisotopic (exact) mass is 305 g/mol. The van der Waals surface area contributed by atoms with Crippen LogP contribution in [0, 0.1) is 5.82 Å². The molecule has 22 heavy (non-hydrogen) atoms. The Morgan fingerprint density at radius 1 is 1.41 bits per heavy atom. The molecule has 0 bridgehead atoms. The molecule has 1 amide bonds. The predicted octanol–water partition coefficient (Wildman–Crippen LogP) is 0.991. The van der Waals surface area contributed by atoms with Crippen LogP contribution in [0.1, 0.15) is 16.8 Å². The van der Waals surface area contributed by atoms with E-state index in [1.807, 2.05) is 0 Å². The fourth-order valence-corrected chi connectivity index (χ4v) is 2.77. The van der Waals surface area contributed by atoms with Crippen molar-refractivity contribution in [3.63, 3.8) is 0 Å². The van der Waals surface area contributed by atoms with Crippen molar-refractivity contribution in [2.24, 2.45) is 0 Å². The standard InChI is InChI=1S/C15H16FN3O3/c1-22-10-4-9(8-20)19(7-10)15(21)11-5-13-14(6-12(11)16)18-3-2-17-13/h2-3,5-6,9-10,20H,4,7-8H2,1H3/t9-,10-/m0/s1. The van der Waals surface area contributed by atoms with E-state index in [0.29, 0.717) is 24.0 Å². The molecule has 116 valence electrons. The van der Waals surface area contributed by atoms with Crippen LogP contribution < -0.4 is 0 Å². The minimum atomic E-state index is -0.643. The number of carbonyl (C=O) groups is 1. The topological polar surface area (TPSA) is 75.6 Å². The molecule has 1 saturated heterocycles. The molecule has 2 aromatic rings. The zero-order valence-electron chi connectivity index (χ0n) is 12.1. The van der Waals surface area contributed by atoms with Crippen molar-refractivity contribution in [2.45, 2.75) is 18.6 Å². The van der Waals surface area contributed by atoms with Crippen LogP contribution in [0.2, 0.25) is 0 Å². The Balaban J connectivity index is 1.96. The lowest BCUT2D eigenvalue weighted by Crippen LogP contribution is -2.38. The quantitative estimate of drug-likeness (QED) is 0.915. The molecule has 7 heteroatoms. The fourth-order valence-electron chi connectivity index (χ4n) is 2.77. The zero-order valence-corrected chi connectivity index (χ0v) is 12.1. The highest BCUT2D eigenvalue weighted by Gasteiger charge is 2.36. The minimum absolute atomic E-state index is 0.0665. The summed E-state index contributed by atoms with van der Waals surface area (Å²) in [4.78, 5) is 22.2. The van der Waals surface area contributed by atoms with Crippen molar-refractivity contribution in [1.82, 2.24) is 14.9 Å². The third kappa shape index (κ3) is 2.53. The second kappa shape index (κ2) is 5.94. The number of methoxy groups -OCH3 is 1. The molecule has 1 aliphatic heterocycles. The molecule has 1 fully saturated rings. The Bertz CT molecular complexity index is 709. The second-order valence-electron chi connectivity index (χ2n) is 5.26. The van der Waals surface area contributed by atoms with Gasteiger partial charge in [-0.2, -0.15) is 0 Å². The van der Waals surface area contributed by atoms with Crippen molar-refractivity contribution in [3.8, 4) is 0 Å². The number of aromatic nitrogens is 2. The van der Waals surface area contributed by atoms with E-state index in [0.717, 1.165) is 0 Å². The Labute approximate surface area is 126 Å². The molecule has 1 aliphatic rings. The molecule has 6 nitrogen and oxygen atoms in total. The zero-order chi connectivity index (χ0) is 15.7. The Morgan fingerprint density at radius 3 is 2.73 bits per heavy atom. The molecule has 1 aromatic heterocycles. The summed E-state index contributed by atoms with van der Waals surface area (Å²) in [6, 6.07) is 2.23. The van der Waals surface area contributed by atoms with Gasteiger partial charge in [0.2, 0.25) is 0 Å². The minimum Gasteiger partial charge on any atom is -0.394 e. The van der Waals surface area contributed by atoms with E-state index in [1.165, 1.54) is 29.4 Å². The summed E-state index contributed by atoms with van der Waals surface area (Å²) < 4.78 is 19.5. The number of aliphatic hydroxyl groups excluding tert-OH is 1. The van der Waals surface area contributed by atoms with Gasteiger partial charge in [0.1, 0.15) is 5.82 Å². The highest BCUT2D eigenvalue weighted by atomic mass is 19.1. The smallest absolute Gasteiger partial charge is 0.257 e. The van der Waals surface area contributed by atoms with Gasteiger partial charge in [0.25, 0.3) is 5.91 Å². The van der Waals surface area contributed by atoms with Gasteiger partial charge in [-0.1, -0.05) is 0 Å². The van der Waals surface area contributed by atoms with E-state index >= 15 is 0 Å². The molecule has 0 unspecified atom stereocenters. The number of fused-ring (bicyclic) bond motifs is 1. The molecule has 1 N–H and O–H groups in total. The number of hydrogen-bond donors (Lipinski definition) is 1. The van der Waals surface area contributed by atoms with Gasteiger partial charge in [0.05, 0.1) is 35.3 Å². The summed E-state index contributed by atoms with van der Waals surface area (Å²) in [7, 11) is 1.55. The van der Waals surface area contributed by atoms with Gasteiger partial charge in [-0.05, 0) is 12.5 Å². The van der Waals surface area contributed by atoms with Gasteiger partial charge in [-0.25, -0.2) is 4.39 Å². The van der Waals surface area contributed by atoms with Crippen molar-refractivity contribution in [1.29, 1.82) is 0 Å². The maximum absolute atomic E-state index is 14.2. The van der Waals surface area contributed by atoms with E-state index in [-0.39, 0.29) is 24.3 Å². The number of benzene rings is 1. The van der Waals surface area contributed by atoms with E-state index in [2.05, 4.69) is 9.97 Å². The molecule has 1 aromatic carbocycles. The number of nitrogens with zero attached hydrogens (tertiary/aromatic N) is 3. The van der Waals surface area contributed by atoms with Crippen LogP contribution in [-0.2, 0) is 4.74 Å². The number of amides is 1. The van der Waals surface area contributed by atoms with Gasteiger partial charge < -0.3 is 14.7 Å². The summed E-state index contributed by atoms with van der Waals surface area (Å²) in [6.45, 7) is 0.152. The van der Waals surface area contributed by atoms with Gasteiger partial charge in [0.15, 0.2) is 0 Å². The summed E-state index contributed by atoms with van der Waals surface area (Å²) in [5.74, 6) is -1.11. The lowest BCUT2D eigenvalue weighted by molar-refractivity contribution is 0.0643. The second-order valence-corrected chi connectivity index (χ2v) is 5.26. The first kappa shape index (κ1) is 14.8.